The van der Waals surface area contributed by atoms with E-state index in [1.54, 1.807) is 0 Å². The Balaban J connectivity index is 5.03. The molecule has 0 aromatic heterocycles. The van der Waals surface area contributed by atoms with Gasteiger partial charge >= 0.3 is 24.2 Å². The lowest BCUT2D eigenvalue weighted by atomic mass is 10.0. The molecule has 0 saturated heterocycles. The van der Waals surface area contributed by atoms with E-state index in [-0.39, 0.29) is 0 Å². The summed E-state index contributed by atoms with van der Waals surface area (Å²) < 4.78 is 99.3. The van der Waals surface area contributed by atoms with Gasteiger partial charge in [-0.2, -0.15) is 26.3 Å². The van der Waals surface area contributed by atoms with Crippen molar-refractivity contribution in [3.63, 3.8) is 0 Å². The summed E-state index contributed by atoms with van der Waals surface area (Å²) in [5, 5.41) is -0.228. The van der Waals surface area contributed by atoms with E-state index in [2.05, 4.69) is 0 Å². The first-order valence-electron chi connectivity index (χ1n) is 4.60. The average Bonchev–Trinajstić information content (AvgIpc) is 2.24. The maximum Gasteiger partial charge on any atom is 0.379 e. The molecule has 0 heterocycles. The number of nitrogens with one attached hydrogen (secondary N) is 1. The van der Waals surface area contributed by atoms with Gasteiger partial charge in [-0.1, -0.05) is 0 Å². The van der Waals surface area contributed by atoms with Crippen LogP contribution in [0.15, 0.2) is 0 Å². The third-order valence-corrected chi connectivity index (χ3v) is 2.20. The van der Waals surface area contributed by atoms with Crippen molar-refractivity contribution < 1.29 is 39.9 Å². The zero-order chi connectivity index (χ0) is 15.6. The molecule has 1 N–H and O–H groups in total. The van der Waals surface area contributed by atoms with Crippen LogP contribution in [0.25, 0.3) is 0 Å². The Kier molecular flexibility index (Phi) is 5.44. The highest BCUT2D eigenvalue weighted by Gasteiger charge is 2.75. The van der Waals surface area contributed by atoms with E-state index in [9.17, 15) is 39.9 Å². The molecule has 0 aliphatic carbocycles. The molecule has 0 bridgehead atoms. The van der Waals surface area contributed by atoms with E-state index >= 15 is 0 Å². The maximum atomic E-state index is 12.9. The van der Waals surface area contributed by atoms with Gasteiger partial charge in [0.05, 0.1) is 6.54 Å². The first-order chi connectivity index (χ1) is 8.27. The van der Waals surface area contributed by atoms with Gasteiger partial charge in [0.2, 0.25) is 5.91 Å². The van der Waals surface area contributed by atoms with Crippen LogP contribution in [-0.2, 0) is 4.79 Å². The van der Waals surface area contributed by atoms with Gasteiger partial charge in [0.25, 0.3) is 0 Å². The molecule has 0 aromatic carbocycles. The van der Waals surface area contributed by atoms with Crippen molar-refractivity contribution in [1.82, 2.24) is 5.32 Å². The predicted octanol–water partition coefficient (Wildman–Crippen LogP) is 2.90. The van der Waals surface area contributed by atoms with E-state index in [1.807, 2.05) is 0 Å². The number of halogens is 9. The fourth-order valence-electron chi connectivity index (χ4n) is 0.831. The molecule has 0 aromatic rings. The second kappa shape index (κ2) is 5.68. The first kappa shape index (κ1) is 18.2. The summed E-state index contributed by atoms with van der Waals surface area (Å²) in [7, 11) is 0. The minimum atomic E-state index is -6.34. The largest absolute Gasteiger partial charge is 0.379 e. The summed E-state index contributed by atoms with van der Waals surface area (Å²) in [5.41, 5.74) is 0. The van der Waals surface area contributed by atoms with Gasteiger partial charge in [-0.25, -0.2) is 8.78 Å². The van der Waals surface area contributed by atoms with Gasteiger partial charge in [0.1, 0.15) is 5.38 Å². The summed E-state index contributed by atoms with van der Waals surface area (Å²) in [5.74, 6) is -19.5. The first-order valence-corrected chi connectivity index (χ1v) is 5.04. The molecule has 11 heteroatoms. The zero-order valence-electron chi connectivity index (χ0n) is 9.17. The third-order valence-electron chi connectivity index (χ3n) is 2.00. The topological polar surface area (TPSA) is 29.1 Å². The summed E-state index contributed by atoms with van der Waals surface area (Å²) in [6.07, 6.45) is -4.99. The molecule has 0 saturated carbocycles. The molecule has 0 aliphatic heterocycles. The van der Waals surface area contributed by atoms with Crippen LogP contribution in [-0.4, -0.2) is 42.0 Å². The van der Waals surface area contributed by atoms with Crippen LogP contribution in [0.5, 0.6) is 0 Å². The summed E-state index contributed by atoms with van der Waals surface area (Å²) in [6, 6.07) is 0. The van der Waals surface area contributed by atoms with Crippen molar-refractivity contribution in [2.45, 2.75) is 36.5 Å². The van der Waals surface area contributed by atoms with Crippen molar-refractivity contribution in [3.8, 4) is 0 Å². The van der Waals surface area contributed by atoms with Crippen molar-refractivity contribution in [3.05, 3.63) is 0 Å². The van der Waals surface area contributed by atoms with Crippen LogP contribution < -0.4 is 5.32 Å². The minimum absolute atomic E-state index is 1.00. The minimum Gasteiger partial charge on any atom is -0.349 e. The summed E-state index contributed by atoms with van der Waals surface area (Å²) >= 11 is 5.10. The van der Waals surface area contributed by atoms with Crippen molar-refractivity contribution in [1.29, 1.82) is 0 Å². The Morgan fingerprint density at radius 3 is 1.89 bits per heavy atom. The number of hydrogen-bond acceptors (Lipinski definition) is 1. The van der Waals surface area contributed by atoms with E-state index in [1.165, 1.54) is 0 Å². The van der Waals surface area contributed by atoms with E-state index in [4.69, 9.17) is 11.6 Å². The number of carbonyl (C=O) groups excluding carboxylic acids is 1. The maximum absolute atomic E-state index is 12.9. The monoisotopic (exact) mass is 321 g/mol. The quantitative estimate of drug-likeness (QED) is 0.591. The number of hydrogen-bond donors (Lipinski definition) is 1. The standard InChI is InChI=1S/C8H8ClF8NO/c1-3(9)4(19)18-2-6(12,13)8(16,17)7(14,15)5(10)11/h3,5H,2H2,1H3,(H,18,19)/t3-/m0/s1. The number of alkyl halides is 9. The smallest absolute Gasteiger partial charge is 0.349 e. The number of carbonyl (C=O) groups is 1. The fraction of sp³-hybridized carbons (Fsp3) is 0.875. The van der Waals surface area contributed by atoms with E-state index in [0.29, 0.717) is 0 Å². The van der Waals surface area contributed by atoms with Crippen LogP contribution >= 0.6 is 11.6 Å². The SMILES string of the molecule is C[C@H](Cl)C(=O)NCC(F)(F)C(F)(F)C(F)(F)C(F)F. The second-order valence-electron chi connectivity index (χ2n) is 3.54. The Morgan fingerprint density at radius 1 is 1.16 bits per heavy atom. The van der Waals surface area contributed by atoms with Crippen molar-refractivity contribution in [2.24, 2.45) is 0 Å². The molecular weight excluding hydrogens is 314 g/mol. The molecule has 0 rings (SSSR count). The van der Waals surface area contributed by atoms with Gasteiger partial charge in [-0.15, -0.1) is 11.6 Å². The molecule has 0 radical (unpaired) electrons. The second-order valence-corrected chi connectivity index (χ2v) is 4.19. The van der Waals surface area contributed by atoms with Crippen molar-refractivity contribution in [2.75, 3.05) is 6.54 Å². The van der Waals surface area contributed by atoms with Crippen LogP contribution in [0.1, 0.15) is 6.92 Å². The van der Waals surface area contributed by atoms with Crippen LogP contribution in [0.4, 0.5) is 35.1 Å². The van der Waals surface area contributed by atoms with Crippen LogP contribution in [0.2, 0.25) is 0 Å². The average molecular weight is 322 g/mol. The molecule has 1 atom stereocenters. The molecule has 0 spiro atoms. The molecule has 0 unspecified atom stereocenters. The van der Waals surface area contributed by atoms with Crippen LogP contribution in [0.3, 0.4) is 0 Å². The lowest BCUT2D eigenvalue weighted by Gasteiger charge is -2.32. The highest BCUT2D eigenvalue weighted by molar-refractivity contribution is 6.30. The van der Waals surface area contributed by atoms with Gasteiger partial charge in [0.15, 0.2) is 0 Å². The number of amides is 1. The lowest BCUT2D eigenvalue weighted by molar-refractivity contribution is -0.336. The Morgan fingerprint density at radius 2 is 1.58 bits per heavy atom. The summed E-state index contributed by atoms with van der Waals surface area (Å²) in [6.45, 7) is -1.25. The molecule has 1 amide bonds. The highest BCUT2D eigenvalue weighted by atomic mass is 35.5. The highest BCUT2D eigenvalue weighted by Crippen LogP contribution is 2.48. The Labute approximate surface area is 107 Å². The normalized spacial score (nSPS) is 15.5. The van der Waals surface area contributed by atoms with Gasteiger partial charge in [-0.3, -0.25) is 4.79 Å². The predicted molar refractivity (Wildman–Crippen MR) is 49.2 cm³/mol. The molecule has 2 nitrogen and oxygen atoms in total. The Bertz CT molecular complexity index is 333. The van der Waals surface area contributed by atoms with Gasteiger partial charge in [-0.05, 0) is 6.92 Å². The molecule has 114 valence electrons. The third kappa shape index (κ3) is 3.61. The molecule has 0 aliphatic rings. The molecule has 19 heavy (non-hydrogen) atoms. The fourth-order valence-corrected chi connectivity index (χ4v) is 0.908. The van der Waals surface area contributed by atoms with E-state index in [0.717, 1.165) is 12.2 Å². The van der Waals surface area contributed by atoms with Crippen LogP contribution in [0, 0.1) is 0 Å². The van der Waals surface area contributed by atoms with E-state index < -0.39 is 42.0 Å². The zero-order valence-corrected chi connectivity index (χ0v) is 9.93. The molecule has 0 fully saturated rings. The van der Waals surface area contributed by atoms with Gasteiger partial charge in [0, 0.05) is 0 Å². The summed E-state index contributed by atoms with van der Waals surface area (Å²) in [4.78, 5) is 10.7. The molecular formula is C8H8ClF8NO. The lowest BCUT2D eigenvalue weighted by Crippen LogP contribution is -2.61. The number of rotatable bonds is 6. The Hall–Kier alpha value is -0.800. The van der Waals surface area contributed by atoms with Crippen molar-refractivity contribution >= 4 is 17.5 Å². The van der Waals surface area contributed by atoms with Gasteiger partial charge < -0.3 is 5.32 Å².